The minimum absolute atomic E-state index is 0.621. The van der Waals surface area contributed by atoms with Crippen molar-refractivity contribution in [2.24, 2.45) is 0 Å². The number of aromatic nitrogens is 2. The number of benzene rings is 2. The van der Waals surface area contributed by atoms with E-state index < -0.39 is 0 Å². The number of para-hydroxylation sites is 3. The highest BCUT2D eigenvalue weighted by atomic mass is 32.1. The molecule has 104 valence electrons. The van der Waals surface area contributed by atoms with Crippen LogP contribution in [0.1, 0.15) is 5.01 Å². The molecule has 4 rings (SSSR count). The summed E-state index contributed by atoms with van der Waals surface area (Å²) in [6, 6.07) is 16.6. The SMILES string of the molecule is CN(Cc1nc2ccccc2s1)c1nc2ccccc2o1. The minimum atomic E-state index is 0.621. The Balaban J connectivity index is 1.63. The van der Waals surface area contributed by atoms with Gasteiger partial charge in [0, 0.05) is 7.05 Å². The van der Waals surface area contributed by atoms with Crippen LogP contribution in [0.2, 0.25) is 0 Å². The molecule has 0 spiro atoms. The maximum atomic E-state index is 5.77. The van der Waals surface area contributed by atoms with Gasteiger partial charge in [0.15, 0.2) is 5.58 Å². The fourth-order valence-corrected chi connectivity index (χ4v) is 3.30. The van der Waals surface area contributed by atoms with Gasteiger partial charge in [0.2, 0.25) is 0 Å². The third-order valence-electron chi connectivity index (χ3n) is 3.32. The van der Waals surface area contributed by atoms with Crippen LogP contribution in [0.5, 0.6) is 0 Å². The van der Waals surface area contributed by atoms with Crippen LogP contribution < -0.4 is 4.90 Å². The molecule has 0 aliphatic heterocycles. The number of nitrogens with zero attached hydrogens (tertiary/aromatic N) is 3. The Bertz CT molecular complexity index is 846. The van der Waals surface area contributed by atoms with Gasteiger partial charge in [-0.05, 0) is 24.3 Å². The molecule has 2 aromatic carbocycles. The van der Waals surface area contributed by atoms with Crippen molar-refractivity contribution in [1.82, 2.24) is 9.97 Å². The summed E-state index contributed by atoms with van der Waals surface area (Å²) in [6.07, 6.45) is 0. The van der Waals surface area contributed by atoms with Gasteiger partial charge in [-0.1, -0.05) is 24.3 Å². The van der Waals surface area contributed by atoms with Gasteiger partial charge in [-0.25, -0.2) is 4.98 Å². The maximum Gasteiger partial charge on any atom is 0.298 e. The monoisotopic (exact) mass is 295 g/mol. The topological polar surface area (TPSA) is 42.2 Å². The summed E-state index contributed by atoms with van der Waals surface area (Å²) >= 11 is 1.70. The van der Waals surface area contributed by atoms with E-state index >= 15 is 0 Å². The Hall–Kier alpha value is -2.40. The Morgan fingerprint density at radius 1 is 1.00 bits per heavy atom. The molecule has 0 saturated carbocycles. The van der Waals surface area contributed by atoms with Crippen LogP contribution >= 0.6 is 11.3 Å². The van der Waals surface area contributed by atoms with Crippen molar-refractivity contribution in [2.45, 2.75) is 6.54 Å². The first-order valence-corrected chi connectivity index (χ1v) is 7.52. The largest absolute Gasteiger partial charge is 0.423 e. The second kappa shape index (κ2) is 4.86. The molecule has 0 saturated heterocycles. The Labute approximate surface area is 125 Å². The number of hydrogen-bond donors (Lipinski definition) is 0. The lowest BCUT2D eigenvalue weighted by Crippen LogP contribution is -2.16. The average molecular weight is 295 g/mol. The smallest absolute Gasteiger partial charge is 0.298 e. The minimum Gasteiger partial charge on any atom is -0.423 e. The van der Waals surface area contributed by atoms with E-state index in [4.69, 9.17) is 4.42 Å². The standard InChI is InChI=1S/C16H13N3OS/c1-19(16-18-11-6-2-4-8-13(11)20-16)10-15-17-12-7-3-5-9-14(12)21-15/h2-9H,10H2,1H3. The Kier molecular flexibility index (Phi) is 2.86. The summed E-state index contributed by atoms with van der Waals surface area (Å²) < 4.78 is 6.97. The number of fused-ring (bicyclic) bond motifs is 2. The highest BCUT2D eigenvalue weighted by Gasteiger charge is 2.12. The Morgan fingerprint density at radius 3 is 2.57 bits per heavy atom. The summed E-state index contributed by atoms with van der Waals surface area (Å²) in [5, 5.41) is 1.06. The molecule has 0 radical (unpaired) electrons. The van der Waals surface area contributed by atoms with Crippen molar-refractivity contribution in [3.05, 3.63) is 53.5 Å². The molecule has 21 heavy (non-hydrogen) atoms. The molecule has 0 aliphatic carbocycles. The third kappa shape index (κ3) is 2.25. The van der Waals surface area contributed by atoms with Crippen molar-refractivity contribution in [1.29, 1.82) is 0 Å². The normalized spacial score (nSPS) is 11.3. The molecule has 4 aromatic rings. The molecule has 0 unspecified atom stereocenters. The highest BCUT2D eigenvalue weighted by molar-refractivity contribution is 7.18. The van der Waals surface area contributed by atoms with Crippen LogP contribution in [0.25, 0.3) is 21.3 Å². The van der Waals surface area contributed by atoms with Crippen LogP contribution in [0, 0.1) is 0 Å². The molecular formula is C16H13N3OS. The van der Waals surface area contributed by atoms with E-state index in [1.54, 1.807) is 11.3 Å². The van der Waals surface area contributed by atoms with Crippen molar-refractivity contribution in [3.63, 3.8) is 0 Å². The van der Waals surface area contributed by atoms with Crippen LogP contribution in [-0.2, 0) is 6.54 Å². The molecule has 0 bridgehead atoms. The summed E-state index contributed by atoms with van der Waals surface area (Å²) in [5.41, 5.74) is 2.73. The first kappa shape index (κ1) is 12.3. The van der Waals surface area contributed by atoms with Crippen molar-refractivity contribution in [3.8, 4) is 0 Å². The van der Waals surface area contributed by atoms with Crippen LogP contribution in [0.3, 0.4) is 0 Å². The van der Waals surface area contributed by atoms with E-state index in [1.165, 1.54) is 4.70 Å². The molecule has 2 heterocycles. The van der Waals surface area contributed by atoms with Gasteiger partial charge in [0.05, 0.1) is 16.8 Å². The molecular weight excluding hydrogens is 282 g/mol. The molecule has 2 aromatic heterocycles. The van der Waals surface area contributed by atoms with Crippen LogP contribution in [-0.4, -0.2) is 17.0 Å². The van der Waals surface area contributed by atoms with Crippen molar-refractivity contribution < 1.29 is 4.42 Å². The van der Waals surface area contributed by atoms with Gasteiger partial charge >= 0.3 is 0 Å². The fraction of sp³-hybridized carbons (Fsp3) is 0.125. The number of rotatable bonds is 3. The number of anilines is 1. The zero-order valence-corrected chi connectivity index (χ0v) is 12.3. The summed E-state index contributed by atoms with van der Waals surface area (Å²) in [6.45, 7) is 0.687. The zero-order valence-electron chi connectivity index (χ0n) is 11.5. The average Bonchev–Trinajstić information content (AvgIpc) is 3.10. The summed E-state index contributed by atoms with van der Waals surface area (Å²) in [4.78, 5) is 11.1. The first-order chi connectivity index (χ1) is 10.3. The summed E-state index contributed by atoms with van der Waals surface area (Å²) in [7, 11) is 1.97. The second-order valence-corrected chi connectivity index (χ2v) is 6.01. The van der Waals surface area contributed by atoms with Gasteiger partial charge in [-0.15, -0.1) is 11.3 Å². The van der Waals surface area contributed by atoms with Gasteiger partial charge in [0.1, 0.15) is 10.5 Å². The molecule has 0 atom stereocenters. The van der Waals surface area contributed by atoms with Gasteiger partial charge in [0.25, 0.3) is 6.01 Å². The van der Waals surface area contributed by atoms with Gasteiger partial charge in [-0.3, -0.25) is 0 Å². The number of hydrogen-bond acceptors (Lipinski definition) is 5. The Morgan fingerprint density at radius 2 is 1.76 bits per heavy atom. The molecule has 0 fully saturated rings. The lowest BCUT2D eigenvalue weighted by molar-refractivity contribution is 0.582. The molecule has 0 amide bonds. The molecule has 5 heteroatoms. The van der Waals surface area contributed by atoms with Gasteiger partial charge in [-0.2, -0.15) is 4.98 Å². The van der Waals surface area contributed by atoms with Crippen LogP contribution in [0.15, 0.2) is 52.9 Å². The molecule has 0 aliphatic rings. The number of oxazole rings is 1. The third-order valence-corrected chi connectivity index (χ3v) is 4.34. The first-order valence-electron chi connectivity index (χ1n) is 6.71. The maximum absolute atomic E-state index is 5.77. The van der Waals surface area contributed by atoms with E-state index in [2.05, 4.69) is 16.0 Å². The lowest BCUT2D eigenvalue weighted by atomic mass is 10.3. The number of thiazole rings is 1. The molecule has 4 nitrogen and oxygen atoms in total. The van der Waals surface area contributed by atoms with Crippen molar-refractivity contribution >= 4 is 38.7 Å². The van der Waals surface area contributed by atoms with Crippen LogP contribution in [0.4, 0.5) is 6.01 Å². The quantitative estimate of drug-likeness (QED) is 0.571. The lowest BCUT2D eigenvalue weighted by Gasteiger charge is -2.11. The predicted octanol–water partition coefficient (Wildman–Crippen LogP) is 4.07. The van der Waals surface area contributed by atoms with Gasteiger partial charge < -0.3 is 9.32 Å². The van der Waals surface area contributed by atoms with E-state index in [1.807, 2.05) is 54.4 Å². The molecule has 0 N–H and O–H groups in total. The summed E-state index contributed by atoms with van der Waals surface area (Å²) in [5.74, 6) is 0. The van der Waals surface area contributed by atoms with E-state index in [-0.39, 0.29) is 0 Å². The highest BCUT2D eigenvalue weighted by Crippen LogP contribution is 2.25. The van der Waals surface area contributed by atoms with E-state index in [0.29, 0.717) is 12.6 Å². The van der Waals surface area contributed by atoms with E-state index in [0.717, 1.165) is 21.6 Å². The van der Waals surface area contributed by atoms with E-state index in [9.17, 15) is 0 Å². The predicted molar refractivity (Wildman–Crippen MR) is 85.7 cm³/mol. The van der Waals surface area contributed by atoms with Crippen molar-refractivity contribution in [2.75, 3.05) is 11.9 Å². The fourth-order valence-electron chi connectivity index (χ4n) is 2.28. The zero-order chi connectivity index (χ0) is 14.2. The second-order valence-electron chi connectivity index (χ2n) is 4.90.